The van der Waals surface area contributed by atoms with Gasteiger partial charge in [-0.15, -0.1) is 47.5 Å². The van der Waals surface area contributed by atoms with Gasteiger partial charge in [0.05, 0.1) is 6.20 Å². The molecular formula is C36H31IrN3-2. The fourth-order valence-corrected chi connectivity index (χ4v) is 4.70. The van der Waals surface area contributed by atoms with E-state index in [-0.39, 0.29) is 20.1 Å². The van der Waals surface area contributed by atoms with E-state index in [0.29, 0.717) is 0 Å². The van der Waals surface area contributed by atoms with Crippen LogP contribution >= 0.6 is 0 Å². The van der Waals surface area contributed by atoms with E-state index in [1.807, 2.05) is 59.4 Å². The first kappa shape index (κ1) is 28.9. The van der Waals surface area contributed by atoms with E-state index in [1.165, 1.54) is 38.9 Å². The molecule has 0 bridgehead atoms. The third kappa shape index (κ3) is 7.29. The zero-order valence-corrected chi connectivity index (χ0v) is 25.5. The standard InChI is InChI=1S/C25H23N2.C11H8N.Ir/c1-17-9-18(2)12-22(11-17)21-5-7-25(8-6-21)27-16-24(15-26-27)23-13-19(3)10-20(4)14-23;1-2-6-10(7-3-1)11-8-4-5-9-12-11;/h5-7,9-16H,1-4H3;1-6,8-9H;/q2*-1;. The van der Waals surface area contributed by atoms with Gasteiger partial charge in [-0.05, 0) is 50.7 Å². The van der Waals surface area contributed by atoms with Gasteiger partial charge in [-0.25, -0.2) is 0 Å². The maximum absolute atomic E-state index is 4.54. The minimum atomic E-state index is 0. The van der Waals surface area contributed by atoms with Crippen LogP contribution in [0.25, 0.3) is 39.2 Å². The fraction of sp³-hybridized carbons (Fsp3) is 0.111. The number of pyridine rings is 1. The van der Waals surface area contributed by atoms with Crippen LogP contribution in [0.2, 0.25) is 0 Å². The Morgan fingerprint density at radius 3 is 1.82 bits per heavy atom. The molecule has 6 rings (SSSR count). The molecule has 0 saturated carbocycles. The number of aromatic nitrogens is 3. The first-order chi connectivity index (χ1) is 18.9. The van der Waals surface area contributed by atoms with Crippen LogP contribution < -0.4 is 0 Å². The zero-order valence-electron chi connectivity index (χ0n) is 23.1. The maximum atomic E-state index is 4.54. The molecule has 6 aromatic rings. The van der Waals surface area contributed by atoms with Crippen molar-refractivity contribution in [2.75, 3.05) is 0 Å². The third-order valence-corrected chi connectivity index (χ3v) is 6.39. The summed E-state index contributed by atoms with van der Waals surface area (Å²) in [5.41, 5.74) is 12.8. The van der Waals surface area contributed by atoms with Crippen molar-refractivity contribution < 1.29 is 20.1 Å². The average Bonchev–Trinajstić information content (AvgIpc) is 3.44. The summed E-state index contributed by atoms with van der Waals surface area (Å²) in [5, 5.41) is 4.54. The number of benzene rings is 4. The molecule has 0 aliphatic carbocycles. The van der Waals surface area contributed by atoms with Gasteiger partial charge in [-0.2, -0.15) is 23.3 Å². The van der Waals surface area contributed by atoms with Crippen molar-refractivity contribution in [3.63, 3.8) is 0 Å². The van der Waals surface area contributed by atoms with E-state index < -0.39 is 0 Å². The number of rotatable bonds is 4. The molecular weight excluding hydrogens is 667 g/mol. The van der Waals surface area contributed by atoms with Gasteiger partial charge in [0.2, 0.25) is 0 Å². The monoisotopic (exact) mass is 698 g/mol. The number of nitrogens with zero attached hydrogens (tertiary/aromatic N) is 3. The second-order valence-corrected chi connectivity index (χ2v) is 9.88. The molecule has 0 fully saturated rings. The van der Waals surface area contributed by atoms with E-state index >= 15 is 0 Å². The van der Waals surface area contributed by atoms with Crippen LogP contribution in [0.5, 0.6) is 0 Å². The van der Waals surface area contributed by atoms with Crippen LogP contribution in [-0.2, 0) is 20.1 Å². The van der Waals surface area contributed by atoms with Gasteiger partial charge >= 0.3 is 0 Å². The summed E-state index contributed by atoms with van der Waals surface area (Å²) in [6.45, 7) is 8.51. The van der Waals surface area contributed by atoms with E-state index in [2.05, 4.69) is 105 Å². The molecule has 2 aromatic heterocycles. The largest absolute Gasteiger partial charge is 0.305 e. The number of hydrogen-bond donors (Lipinski definition) is 0. The Labute approximate surface area is 250 Å². The minimum Gasteiger partial charge on any atom is -0.305 e. The summed E-state index contributed by atoms with van der Waals surface area (Å²) in [4.78, 5) is 4.22. The van der Waals surface area contributed by atoms with Crippen LogP contribution in [-0.4, -0.2) is 14.8 Å². The van der Waals surface area contributed by atoms with Gasteiger partial charge in [0, 0.05) is 38.1 Å². The quantitative estimate of drug-likeness (QED) is 0.173. The van der Waals surface area contributed by atoms with E-state index in [0.717, 1.165) is 22.5 Å². The van der Waals surface area contributed by atoms with Gasteiger partial charge < -0.3 is 4.98 Å². The van der Waals surface area contributed by atoms with Gasteiger partial charge in [-0.1, -0.05) is 76.3 Å². The van der Waals surface area contributed by atoms with E-state index in [4.69, 9.17) is 0 Å². The van der Waals surface area contributed by atoms with E-state index in [9.17, 15) is 0 Å². The molecule has 0 atom stereocenters. The molecule has 3 nitrogen and oxygen atoms in total. The second kappa shape index (κ2) is 13.3. The van der Waals surface area contributed by atoms with Crippen LogP contribution in [0.1, 0.15) is 22.3 Å². The van der Waals surface area contributed by atoms with Crippen LogP contribution in [0.3, 0.4) is 0 Å². The molecule has 4 heteroatoms. The Morgan fingerprint density at radius 1 is 0.625 bits per heavy atom. The second-order valence-electron chi connectivity index (χ2n) is 9.88. The maximum Gasteiger partial charge on any atom is 0.0571 e. The molecule has 0 saturated heterocycles. The average molecular weight is 698 g/mol. The third-order valence-electron chi connectivity index (χ3n) is 6.39. The van der Waals surface area contributed by atoms with Gasteiger partial charge in [0.15, 0.2) is 0 Å². The Hall–Kier alpha value is -4.11. The first-order valence-electron chi connectivity index (χ1n) is 13.1. The zero-order chi connectivity index (χ0) is 27.2. The molecule has 4 aromatic carbocycles. The summed E-state index contributed by atoms with van der Waals surface area (Å²) in [6.07, 6.45) is 5.77. The fourth-order valence-electron chi connectivity index (χ4n) is 4.70. The van der Waals surface area contributed by atoms with Crippen molar-refractivity contribution in [2.24, 2.45) is 0 Å². The van der Waals surface area contributed by atoms with Gasteiger partial charge in [-0.3, -0.25) is 4.68 Å². The van der Waals surface area contributed by atoms with E-state index in [1.54, 1.807) is 6.20 Å². The first-order valence-corrected chi connectivity index (χ1v) is 13.1. The molecule has 1 radical (unpaired) electrons. The predicted molar refractivity (Wildman–Crippen MR) is 161 cm³/mol. The van der Waals surface area contributed by atoms with Crippen LogP contribution in [0.4, 0.5) is 0 Å². The SMILES string of the molecule is Cc1cc(C)cc(-c2c[c-]c(-n3cc(-c4cc(C)cc(C)c4)cn3)cc2)c1.[Ir].[c-]1ccccc1-c1ccccn1. The number of hydrogen-bond acceptors (Lipinski definition) is 2. The van der Waals surface area contributed by atoms with Crippen molar-refractivity contribution >= 4 is 0 Å². The van der Waals surface area contributed by atoms with Crippen molar-refractivity contribution in [1.29, 1.82) is 0 Å². The van der Waals surface area contributed by atoms with Crippen molar-refractivity contribution in [2.45, 2.75) is 27.7 Å². The molecule has 0 aliphatic heterocycles. The molecule has 0 N–H and O–H groups in total. The van der Waals surface area contributed by atoms with Gasteiger partial charge in [0.25, 0.3) is 0 Å². The van der Waals surface area contributed by atoms with Crippen molar-refractivity contribution in [1.82, 2.24) is 14.8 Å². The summed E-state index contributed by atoms with van der Waals surface area (Å²) < 4.78 is 1.89. The van der Waals surface area contributed by atoms with Crippen molar-refractivity contribution in [3.8, 4) is 39.2 Å². The van der Waals surface area contributed by atoms with Crippen LogP contribution in [0, 0.1) is 39.8 Å². The molecule has 201 valence electrons. The summed E-state index contributed by atoms with van der Waals surface area (Å²) in [5.74, 6) is 0. The summed E-state index contributed by atoms with van der Waals surface area (Å²) in [7, 11) is 0. The minimum absolute atomic E-state index is 0. The Bertz CT molecular complexity index is 1590. The Balaban J connectivity index is 0.000000238. The molecule has 0 unspecified atom stereocenters. The topological polar surface area (TPSA) is 30.7 Å². The van der Waals surface area contributed by atoms with Crippen molar-refractivity contribution in [3.05, 3.63) is 150 Å². The molecule has 40 heavy (non-hydrogen) atoms. The van der Waals surface area contributed by atoms with Crippen LogP contribution in [0.15, 0.2) is 116 Å². The molecule has 2 heterocycles. The smallest absolute Gasteiger partial charge is 0.0571 e. The summed E-state index contributed by atoms with van der Waals surface area (Å²) in [6, 6.07) is 39.6. The predicted octanol–water partition coefficient (Wildman–Crippen LogP) is 8.79. The summed E-state index contributed by atoms with van der Waals surface area (Å²) >= 11 is 0. The normalized spacial score (nSPS) is 10.3. The molecule has 0 amide bonds. The Kier molecular flexibility index (Phi) is 9.60. The molecule has 0 spiro atoms. The molecule has 0 aliphatic rings. The Morgan fingerprint density at radius 2 is 1.27 bits per heavy atom. The van der Waals surface area contributed by atoms with Gasteiger partial charge in [0.1, 0.15) is 0 Å². The number of aryl methyl sites for hydroxylation is 4.